The number of benzene rings is 2. The van der Waals surface area contributed by atoms with Gasteiger partial charge in [-0.15, -0.1) is 0 Å². The number of halogens is 1. The van der Waals surface area contributed by atoms with E-state index in [0.29, 0.717) is 21.3 Å². The molecule has 2 aromatic carbocycles. The van der Waals surface area contributed by atoms with E-state index >= 15 is 0 Å². The third kappa shape index (κ3) is 8.05. The number of aliphatic hydroxyl groups excluding tert-OH is 1. The van der Waals surface area contributed by atoms with Crippen molar-refractivity contribution in [1.29, 1.82) is 0 Å². The van der Waals surface area contributed by atoms with Crippen molar-refractivity contribution in [3.8, 4) is 17.4 Å². The summed E-state index contributed by atoms with van der Waals surface area (Å²) in [4.78, 5) is 39.2. The van der Waals surface area contributed by atoms with Gasteiger partial charge >= 0.3 is 14.1 Å². The number of rotatable bonds is 12. The maximum absolute atomic E-state index is 13.4. The maximum Gasteiger partial charge on any atom is 0.395 e. The fourth-order valence-corrected chi connectivity index (χ4v) is 7.05. The fourth-order valence-electron chi connectivity index (χ4n) is 5.37. The van der Waals surface area contributed by atoms with Crippen LogP contribution in [0.2, 0.25) is 0 Å². The van der Waals surface area contributed by atoms with E-state index in [1.807, 2.05) is 55.5 Å². The number of carbonyl (C=O) groups is 1. The first-order valence-electron chi connectivity index (χ1n) is 16.1. The zero-order chi connectivity index (χ0) is 36.5. The van der Waals surface area contributed by atoms with Crippen LogP contribution in [0.1, 0.15) is 54.7 Å². The molecule has 1 fully saturated rings. The first-order valence-corrected chi connectivity index (χ1v) is 18.3. The SMILES string of the molecule is CCOc1nc(N)nc2c1nc(I)n2C1O[C@H](COc2ccc3ccccc3c2O[P+]([O-])=N[C@H](C(=O)OCC(C)(C)C)C(C)C)[C@@H](O)[C@@]1(C)O. The summed E-state index contributed by atoms with van der Waals surface area (Å²) >= 11 is 1.97. The van der Waals surface area contributed by atoms with Gasteiger partial charge < -0.3 is 39.8 Å². The number of hydrogen-bond donors (Lipinski definition) is 3. The van der Waals surface area contributed by atoms with Gasteiger partial charge in [0.2, 0.25) is 17.6 Å². The van der Waals surface area contributed by atoms with Gasteiger partial charge in [-0.1, -0.05) is 69.7 Å². The first-order chi connectivity index (χ1) is 23.5. The number of carbonyl (C=O) groups excluding carboxylic acids is 1. The van der Waals surface area contributed by atoms with Crippen LogP contribution in [0.3, 0.4) is 0 Å². The monoisotopic (exact) mass is 824 g/mol. The Morgan fingerprint density at radius 1 is 1.20 bits per heavy atom. The molecule has 5 rings (SSSR count). The van der Waals surface area contributed by atoms with Crippen molar-refractivity contribution in [3.63, 3.8) is 0 Å². The molecule has 17 heteroatoms. The molecule has 4 aromatic rings. The van der Waals surface area contributed by atoms with Crippen LogP contribution >= 0.6 is 30.8 Å². The molecule has 1 aliphatic rings. The Morgan fingerprint density at radius 3 is 2.60 bits per heavy atom. The minimum absolute atomic E-state index is 0.0630. The summed E-state index contributed by atoms with van der Waals surface area (Å²) in [5, 5.41) is 24.2. The van der Waals surface area contributed by atoms with Crippen molar-refractivity contribution in [3.05, 3.63) is 40.2 Å². The Morgan fingerprint density at radius 2 is 1.92 bits per heavy atom. The van der Waals surface area contributed by atoms with Crippen molar-refractivity contribution in [2.75, 3.05) is 25.6 Å². The summed E-state index contributed by atoms with van der Waals surface area (Å²) in [7, 11) is -2.77. The van der Waals surface area contributed by atoms with Crippen molar-refractivity contribution in [1.82, 2.24) is 19.5 Å². The van der Waals surface area contributed by atoms with E-state index in [0.717, 1.165) is 5.39 Å². The Labute approximate surface area is 304 Å². The lowest BCUT2D eigenvalue weighted by molar-refractivity contribution is -0.170. The van der Waals surface area contributed by atoms with E-state index in [-0.39, 0.29) is 53.5 Å². The number of nitrogen functional groups attached to an aromatic ring is 1. The standard InChI is InChI=1S/C33H42IN6O9P/c1-8-45-27-23-26(37-31(35)38-27)40(30(34)36-23)29-33(7,43)25(41)21(48-29)15-46-20-14-13-18-11-9-10-12-19(18)24(20)49-50(44)39-22(17(2)3)28(42)47-16-32(4,5)6/h9-14,17,21-22,25,29,41,43H,8,15-16H2,1-7H3,(H2,35,37,38)/t21-,22+,25-,29?,33-/m1/s1. The number of hydrogen-bond acceptors (Lipinski definition) is 14. The molecule has 15 nitrogen and oxygen atoms in total. The molecule has 1 saturated heterocycles. The van der Waals surface area contributed by atoms with E-state index in [9.17, 15) is 19.9 Å². The zero-order valence-corrected chi connectivity index (χ0v) is 31.9. The molecule has 0 bridgehead atoms. The van der Waals surface area contributed by atoms with Gasteiger partial charge in [-0.3, -0.25) is 9.09 Å². The molecule has 0 amide bonds. The molecule has 4 N–H and O–H groups in total. The van der Waals surface area contributed by atoms with Gasteiger partial charge in [-0.05, 0) is 36.6 Å². The van der Waals surface area contributed by atoms with Gasteiger partial charge in [0.15, 0.2) is 33.0 Å². The summed E-state index contributed by atoms with van der Waals surface area (Å²) < 4.78 is 35.5. The molecule has 2 aromatic heterocycles. The van der Waals surface area contributed by atoms with Gasteiger partial charge in [-0.25, -0.2) is 9.78 Å². The zero-order valence-electron chi connectivity index (χ0n) is 28.9. The Bertz CT molecular complexity index is 1900. The molecule has 50 heavy (non-hydrogen) atoms. The molecule has 0 aliphatic carbocycles. The molecule has 270 valence electrons. The highest BCUT2D eigenvalue weighted by Gasteiger charge is 2.54. The van der Waals surface area contributed by atoms with Crippen molar-refractivity contribution < 1.29 is 43.4 Å². The van der Waals surface area contributed by atoms with Gasteiger partial charge in [-0.2, -0.15) is 9.97 Å². The lowest BCUT2D eigenvalue weighted by Crippen LogP contribution is -2.45. The number of imidazole rings is 1. The Kier molecular flexibility index (Phi) is 11.4. The molecule has 6 atom stereocenters. The highest BCUT2D eigenvalue weighted by atomic mass is 127. The molecule has 2 unspecified atom stereocenters. The van der Waals surface area contributed by atoms with Crippen molar-refractivity contribution in [2.24, 2.45) is 16.1 Å². The van der Waals surface area contributed by atoms with Crippen molar-refractivity contribution in [2.45, 2.75) is 78.5 Å². The second-order valence-corrected chi connectivity index (χ2v) is 15.5. The van der Waals surface area contributed by atoms with Crippen LogP contribution in [0.25, 0.3) is 21.9 Å². The minimum Gasteiger partial charge on any atom is -0.575 e. The molecule has 3 heterocycles. The summed E-state index contributed by atoms with van der Waals surface area (Å²) in [6.07, 6.45) is -3.62. The number of fused-ring (bicyclic) bond motifs is 2. The molecular formula is C33H42IN6O9P. The summed E-state index contributed by atoms with van der Waals surface area (Å²) in [5.74, 6) is -0.470. The van der Waals surface area contributed by atoms with Gasteiger partial charge in [0.05, 0.1) is 13.2 Å². The molecule has 0 spiro atoms. The largest absolute Gasteiger partial charge is 0.575 e. The maximum atomic E-state index is 13.4. The van der Waals surface area contributed by atoms with Crippen LogP contribution in [-0.4, -0.2) is 79.4 Å². The Balaban J connectivity index is 1.41. The summed E-state index contributed by atoms with van der Waals surface area (Å²) in [6.45, 7) is 12.9. The topological polar surface area (TPSA) is 209 Å². The highest BCUT2D eigenvalue weighted by Crippen LogP contribution is 2.44. The average Bonchev–Trinajstić information content (AvgIpc) is 3.48. The molecule has 0 saturated carbocycles. The quantitative estimate of drug-likeness (QED) is 0.0779. The van der Waals surface area contributed by atoms with Crippen LogP contribution in [-0.2, 0) is 14.3 Å². The lowest BCUT2D eigenvalue weighted by Gasteiger charge is -2.27. The van der Waals surface area contributed by atoms with Gasteiger partial charge in [0.25, 0.3) is 0 Å². The second kappa shape index (κ2) is 15.1. The van der Waals surface area contributed by atoms with Crippen LogP contribution in [0.5, 0.6) is 17.4 Å². The van der Waals surface area contributed by atoms with Crippen LogP contribution < -0.4 is 24.6 Å². The fraction of sp³-hybridized carbons (Fsp3) is 0.515. The van der Waals surface area contributed by atoms with E-state index in [1.54, 1.807) is 45.0 Å². The number of esters is 1. The molecular weight excluding hydrogens is 782 g/mol. The van der Waals surface area contributed by atoms with Gasteiger partial charge in [0, 0.05) is 28.0 Å². The third-order valence-electron chi connectivity index (χ3n) is 7.91. The van der Waals surface area contributed by atoms with Gasteiger partial charge in [0.1, 0.15) is 24.4 Å². The number of nitrogens with two attached hydrogens (primary N) is 1. The van der Waals surface area contributed by atoms with Crippen LogP contribution in [0, 0.1) is 15.2 Å². The highest BCUT2D eigenvalue weighted by molar-refractivity contribution is 14.1. The molecule has 0 radical (unpaired) electrons. The van der Waals surface area contributed by atoms with Crippen LogP contribution in [0.4, 0.5) is 5.95 Å². The number of nitrogens with zero attached hydrogens (tertiary/aromatic N) is 5. The number of ether oxygens (including phenoxy) is 4. The average molecular weight is 825 g/mol. The normalized spacial score (nSPS) is 21.9. The third-order valence-corrected chi connectivity index (χ3v) is 9.44. The first kappa shape index (κ1) is 37.8. The lowest BCUT2D eigenvalue weighted by atomic mass is 9.96. The summed E-state index contributed by atoms with van der Waals surface area (Å²) in [6, 6.07) is 9.68. The second-order valence-electron chi connectivity index (χ2n) is 13.7. The number of aromatic nitrogens is 4. The van der Waals surface area contributed by atoms with E-state index in [4.69, 9.17) is 29.2 Å². The smallest absolute Gasteiger partial charge is 0.395 e. The number of aliphatic hydroxyl groups is 2. The Hall–Kier alpha value is -3.41. The predicted octanol–water partition coefficient (Wildman–Crippen LogP) is 4.50. The minimum atomic E-state index is -2.77. The summed E-state index contributed by atoms with van der Waals surface area (Å²) in [5.41, 5.74) is 4.45. The predicted molar refractivity (Wildman–Crippen MR) is 193 cm³/mol. The van der Waals surface area contributed by atoms with Crippen molar-refractivity contribution >= 4 is 64.6 Å². The number of anilines is 1. The van der Waals surface area contributed by atoms with Crippen LogP contribution in [0.15, 0.2) is 41.1 Å². The molecule has 1 aliphatic heterocycles. The van der Waals surface area contributed by atoms with E-state index < -0.39 is 44.2 Å². The van der Waals surface area contributed by atoms with E-state index in [2.05, 4.69) is 19.7 Å². The van der Waals surface area contributed by atoms with E-state index in [1.165, 1.54) is 11.5 Å².